The first-order valence-corrected chi connectivity index (χ1v) is 17.9. The van der Waals surface area contributed by atoms with Gasteiger partial charge in [0.25, 0.3) is 10.0 Å². The van der Waals surface area contributed by atoms with Crippen molar-refractivity contribution >= 4 is 59.4 Å². The summed E-state index contributed by atoms with van der Waals surface area (Å²) in [7, 11) is -4.14. The molecule has 0 saturated heterocycles. The fourth-order valence-electron chi connectivity index (χ4n) is 5.61. The molecule has 0 spiro atoms. The lowest BCUT2D eigenvalue weighted by Crippen LogP contribution is -2.54. The highest BCUT2D eigenvalue weighted by Crippen LogP contribution is 2.27. The van der Waals surface area contributed by atoms with Gasteiger partial charge in [0.2, 0.25) is 11.8 Å². The molecule has 0 aromatic heterocycles. The van der Waals surface area contributed by atoms with Crippen molar-refractivity contribution < 1.29 is 18.0 Å². The lowest BCUT2D eigenvalue weighted by molar-refractivity contribution is -0.140. The van der Waals surface area contributed by atoms with Gasteiger partial charge in [0, 0.05) is 28.0 Å². The predicted molar refractivity (Wildman–Crippen MR) is 184 cm³/mol. The number of benzene rings is 4. The monoisotopic (exact) mass is 751 g/mol. The second-order valence-electron chi connectivity index (χ2n) is 11.1. The molecule has 10 heteroatoms. The van der Waals surface area contributed by atoms with E-state index >= 15 is 0 Å². The van der Waals surface area contributed by atoms with Gasteiger partial charge < -0.3 is 10.2 Å². The topological polar surface area (TPSA) is 86.8 Å². The average Bonchev–Trinajstić information content (AvgIpc) is 3.56. The van der Waals surface area contributed by atoms with Crippen molar-refractivity contribution in [3.63, 3.8) is 0 Å². The van der Waals surface area contributed by atoms with Gasteiger partial charge in [-0.05, 0) is 72.5 Å². The number of rotatable bonds is 12. The van der Waals surface area contributed by atoms with E-state index < -0.39 is 28.5 Å². The molecule has 0 radical (unpaired) electrons. The highest BCUT2D eigenvalue weighted by molar-refractivity contribution is 9.10. The molecule has 0 aliphatic heterocycles. The first-order valence-electron chi connectivity index (χ1n) is 14.9. The summed E-state index contributed by atoms with van der Waals surface area (Å²) in [4.78, 5) is 30.2. The third-order valence-electron chi connectivity index (χ3n) is 7.94. The van der Waals surface area contributed by atoms with Crippen LogP contribution in [0.15, 0.2) is 123 Å². The second-order valence-corrected chi connectivity index (χ2v) is 14.8. The van der Waals surface area contributed by atoms with Crippen molar-refractivity contribution in [3.05, 3.63) is 129 Å². The molecule has 0 heterocycles. The number of halogens is 2. The maximum absolute atomic E-state index is 14.6. The Morgan fingerprint density at radius 1 is 0.778 bits per heavy atom. The number of sulfonamides is 1. The van der Waals surface area contributed by atoms with E-state index in [1.807, 2.05) is 54.6 Å². The molecule has 1 aliphatic rings. The van der Waals surface area contributed by atoms with Gasteiger partial charge in [-0.25, -0.2) is 8.42 Å². The summed E-state index contributed by atoms with van der Waals surface area (Å²) < 4.78 is 30.9. The lowest BCUT2D eigenvalue weighted by atomic mass is 10.0. The third-order valence-corrected chi connectivity index (χ3v) is 10.7. The standard InChI is InChI=1S/C35H35Br2N3O4S/c36-28-18-20-31(21-19-28)40(45(43,44)32-16-5-2-6-17-32)25-34(41)39(24-27-12-9-13-29(37)22-27)33(23-26-10-3-1-4-11-26)35(42)38-30-14-7-8-15-30/h1-6,9-13,16-22,30,33H,7-8,14-15,23-25H2,(H,38,42)/t33-/m1/s1. The fourth-order valence-corrected chi connectivity index (χ4v) is 7.76. The van der Waals surface area contributed by atoms with Crippen LogP contribution in [0.2, 0.25) is 0 Å². The van der Waals surface area contributed by atoms with Gasteiger partial charge in [-0.3, -0.25) is 13.9 Å². The van der Waals surface area contributed by atoms with Crippen LogP contribution in [0.25, 0.3) is 0 Å². The predicted octanol–water partition coefficient (Wildman–Crippen LogP) is 7.11. The Bertz CT molecular complexity index is 1700. The maximum Gasteiger partial charge on any atom is 0.264 e. The van der Waals surface area contributed by atoms with Crippen LogP contribution in [0, 0.1) is 0 Å². The number of carbonyl (C=O) groups is 2. The van der Waals surface area contributed by atoms with E-state index in [1.165, 1.54) is 17.0 Å². The Kier molecular flexibility index (Phi) is 11.1. The highest BCUT2D eigenvalue weighted by Gasteiger charge is 2.35. The lowest BCUT2D eigenvalue weighted by Gasteiger charge is -2.34. The van der Waals surface area contributed by atoms with E-state index in [-0.39, 0.29) is 29.8 Å². The summed E-state index contributed by atoms with van der Waals surface area (Å²) in [5.74, 6) is -0.727. The van der Waals surface area contributed by atoms with Gasteiger partial charge in [-0.1, -0.05) is 105 Å². The van der Waals surface area contributed by atoms with Gasteiger partial charge in [0.1, 0.15) is 12.6 Å². The van der Waals surface area contributed by atoms with E-state index in [4.69, 9.17) is 0 Å². The number of anilines is 1. The molecule has 4 aromatic carbocycles. The first-order chi connectivity index (χ1) is 21.7. The summed E-state index contributed by atoms with van der Waals surface area (Å²) in [5.41, 5.74) is 2.05. The molecular formula is C35H35Br2N3O4S. The van der Waals surface area contributed by atoms with E-state index in [2.05, 4.69) is 37.2 Å². The number of hydrogen-bond acceptors (Lipinski definition) is 4. The first kappa shape index (κ1) is 32.9. The van der Waals surface area contributed by atoms with Crippen LogP contribution in [0.1, 0.15) is 36.8 Å². The zero-order valence-electron chi connectivity index (χ0n) is 24.7. The van der Waals surface area contributed by atoms with Crippen molar-refractivity contribution in [1.82, 2.24) is 10.2 Å². The van der Waals surface area contributed by atoms with Crippen LogP contribution in [0.4, 0.5) is 5.69 Å². The minimum Gasteiger partial charge on any atom is -0.352 e. The zero-order chi connectivity index (χ0) is 31.8. The van der Waals surface area contributed by atoms with Crippen molar-refractivity contribution in [2.75, 3.05) is 10.8 Å². The zero-order valence-corrected chi connectivity index (χ0v) is 28.7. The molecule has 5 rings (SSSR count). The van der Waals surface area contributed by atoms with Gasteiger partial charge in [0.05, 0.1) is 10.6 Å². The van der Waals surface area contributed by atoms with Crippen molar-refractivity contribution in [2.24, 2.45) is 0 Å². The normalized spacial score (nSPS) is 14.1. The van der Waals surface area contributed by atoms with Gasteiger partial charge >= 0.3 is 0 Å². The summed E-state index contributed by atoms with van der Waals surface area (Å²) in [6, 6.07) is 31.2. The second kappa shape index (κ2) is 15.2. The Hall–Kier alpha value is -3.47. The largest absolute Gasteiger partial charge is 0.352 e. The summed E-state index contributed by atoms with van der Waals surface area (Å²) in [6.45, 7) is -0.373. The third kappa shape index (κ3) is 8.62. The molecule has 0 unspecified atom stereocenters. The minimum atomic E-state index is -4.14. The van der Waals surface area contributed by atoms with E-state index in [1.54, 1.807) is 42.5 Å². The minimum absolute atomic E-state index is 0.0521. The Labute approximate surface area is 281 Å². The molecular weight excluding hydrogens is 718 g/mol. The molecule has 1 fully saturated rings. The van der Waals surface area contributed by atoms with E-state index in [9.17, 15) is 18.0 Å². The number of amides is 2. The van der Waals surface area contributed by atoms with Crippen molar-refractivity contribution in [3.8, 4) is 0 Å². The van der Waals surface area contributed by atoms with Crippen molar-refractivity contribution in [2.45, 2.75) is 55.6 Å². The molecule has 1 saturated carbocycles. The number of hydrogen-bond donors (Lipinski definition) is 1. The molecule has 1 N–H and O–H groups in total. The van der Waals surface area contributed by atoms with Crippen LogP contribution >= 0.6 is 31.9 Å². The highest BCUT2D eigenvalue weighted by atomic mass is 79.9. The van der Waals surface area contributed by atoms with E-state index in [0.29, 0.717) is 5.69 Å². The van der Waals surface area contributed by atoms with Crippen molar-refractivity contribution in [1.29, 1.82) is 0 Å². The molecule has 1 atom stereocenters. The smallest absolute Gasteiger partial charge is 0.264 e. The summed E-state index contributed by atoms with van der Waals surface area (Å²) >= 11 is 6.94. The number of nitrogens with zero attached hydrogens (tertiary/aromatic N) is 2. The van der Waals surface area contributed by atoms with Gasteiger partial charge in [0.15, 0.2) is 0 Å². The number of carbonyl (C=O) groups excluding carboxylic acids is 2. The van der Waals surface area contributed by atoms with Gasteiger partial charge in [-0.2, -0.15) is 0 Å². The van der Waals surface area contributed by atoms with Crippen LogP contribution in [0.3, 0.4) is 0 Å². The molecule has 45 heavy (non-hydrogen) atoms. The van der Waals surface area contributed by atoms with Crippen LogP contribution in [0.5, 0.6) is 0 Å². The Morgan fingerprint density at radius 2 is 1.40 bits per heavy atom. The van der Waals surface area contributed by atoms with Crippen LogP contribution < -0.4 is 9.62 Å². The summed E-state index contributed by atoms with van der Waals surface area (Å²) in [6.07, 6.45) is 4.18. The fraction of sp³-hybridized carbons (Fsp3) is 0.257. The summed E-state index contributed by atoms with van der Waals surface area (Å²) in [5, 5.41) is 3.20. The quantitative estimate of drug-likeness (QED) is 0.167. The SMILES string of the molecule is O=C(NC1CCCC1)[C@@H](Cc1ccccc1)N(Cc1cccc(Br)c1)C(=O)CN(c1ccc(Br)cc1)S(=O)(=O)c1ccccc1. The average molecular weight is 754 g/mol. The molecule has 7 nitrogen and oxygen atoms in total. The molecule has 234 valence electrons. The van der Waals surface area contributed by atoms with Gasteiger partial charge in [-0.15, -0.1) is 0 Å². The maximum atomic E-state index is 14.6. The number of nitrogens with one attached hydrogen (secondary N) is 1. The Morgan fingerprint density at radius 3 is 2.04 bits per heavy atom. The van der Waals surface area contributed by atoms with E-state index in [0.717, 1.165) is 50.1 Å². The Balaban J connectivity index is 1.56. The van der Waals surface area contributed by atoms with Crippen LogP contribution in [-0.4, -0.2) is 43.8 Å². The van der Waals surface area contributed by atoms with Crippen LogP contribution in [-0.2, 0) is 32.6 Å². The molecule has 0 bridgehead atoms. The molecule has 1 aliphatic carbocycles. The molecule has 2 amide bonds. The molecule has 4 aromatic rings.